The van der Waals surface area contributed by atoms with Crippen LogP contribution in [0.3, 0.4) is 0 Å². The van der Waals surface area contributed by atoms with E-state index < -0.39 is 4.92 Å². The minimum Gasteiger partial charge on any atom is -0.347 e. The zero-order valence-corrected chi connectivity index (χ0v) is 14.3. The van der Waals surface area contributed by atoms with Crippen molar-refractivity contribution in [3.63, 3.8) is 0 Å². The Bertz CT molecular complexity index is 871. The maximum atomic E-state index is 12.2. The Labute approximate surface area is 146 Å². The van der Waals surface area contributed by atoms with Gasteiger partial charge in [-0.2, -0.15) is 0 Å². The zero-order chi connectivity index (χ0) is 17.1. The third-order valence-electron chi connectivity index (χ3n) is 3.37. The van der Waals surface area contributed by atoms with Crippen LogP contribution in [0.15, 0.2) is 41.8 Å². The normalized spacial score (nSPS) is 10.5. The van der Waals surface area contributed by atoms with E-state index in [1.54, 1.807) is 22.7 Å². The third kappa shape index (κ3) is 3.50. The summed E-state index contributed by atoms with van der Waals surface area (Å²) < 4.78 is 0. The van der Waals surface area contributed by atoms with Crippen molar-refractivity contribution in [2.75, 3.05) is 0 Å². The number of thiazole rings is 1. The molecular formula is C16H13N3O3S2. The fourth-order valence-electron chi connectivity index (χ4n) is 2.09. The first kappa shape index (κ1) is 16.3. The lowest BCUT2D eigenvalue weighted by Gasteiger charge is -2.04. The van der Waals surface area contributed by atoms with Gasteiger partial charge in [0.15, 0.2) is 0 Å². The van der Waals surface area contributed by atoms with Gasteiger partial charge in [-0.15, -0.1) is 22.7 Å². The van der Waals surface area contributed by atoms with Gasteiger partial charge in [0.05, 0.1) is 22.0 Å². The van der Waals surface area contributed by atoms with Crippen molar-refractivity contribution in [1.82, 2.24) is 10.3 Å². The molecule has 3 aromatic rings. The summed E-state index contributed by atoms with van der Waals surface area (Å²) in [6.45, 7) is 2.30. The highest BCUT2D eigenvalue weighted by Crippen LogP contribution is 2.30. The number of nitrogens with one attached hydrogen (secondary N) is 1. The lowest BCUT2D eigenvalue weighted by molar-refractivity contribution is -0.384. The number of hydrogen-bond donors (Lipinski definition) is 1. The number of carbonyl (C=O) groups is 1. The molecule has 8 heteroatoms. The Balaban J connectivity index is 1.67. The van der Waals surface area contributed by atoms with E-state index in [-0.39, 0.29) is 11.6 Å². The smallest absolute Gasteiger partial charge is 0.269 e. The van der Waals surface area contributed by atoms with Gasteiger partial charge in [0.1, 0.15) is 5.01 Å². The molecule has 1 N–H and O–H groups in total. The van der Waals surface area contributed by atoms with Crippen LogP contribution >= 0.6 is 22.7 Å². The number of amides is 1. The van der Waals surface area contributed by atoms with Crippen molar-refractivity contribution in [3.05, 3.63) is 68.0 Å². The molecule has 0 spiro atoms. The summed E-state index contributed by atoms with van der Waals surface area (Å²) in [5.41, 5.74) is 1.25. The number of nitrogens with zero attached hydrogens (tertiary/aromatic N) is 2. The molecule has 0 aliphatic heterocycles. The van der Waals surface area contributed by atoms with Crippen molar-refractivity contribution in [2.24, 2.45) is 0 Å². The highest BCUT2D eigenvalue weighted by atomic mass is 32.1. The molecule has 1 aromatic carbocycles. The van der Waals surface area contributed by atoms with Crippen LogP contribution in [0.4, 0.5) is 5.69 Å². The van der Waals surface area contributed by atoms with Gasteiger partial charge in [-0.05, 0) is 30.5 Å². The fourth-order valence-corrected chi connectivity index (χ4v) is 3.89. The molecule has 2 heterocycles. The van der Waals surface area contributed by atoms with Crippen LogP contribution in [-0.4, -0.2) is 15.8 Å². The highest BCUT2D eigenvalue weighted by Gasteiger charge is 2.13. The van der Waals surface area contributed by atoms with E-state index in [1.165, 1.54) is 24.3 Å². The molecule has 0 unspecified atom stereocenters. The number of non-ortho nitro benzene ring substituents is 1. The average Bonchev–Trinajstić information content (AvgIpc) is 3.22. The number of carbonyl (C=O) groups excluding carboxylic acids is 1. The van der Waals surface area contributed by atoms with Crippen LogP contribution in [0.2, 0.25) is 0 Å². The average molecular weight is 359 g/mol. The van der Waals surface area contributed by atoms with Crippen molar-refractivity contribution in [3.8, 4) is 9.88 Å². The van der Waals surface area contributed by atoms with Gasteiger partial charge in [-0.25, -0.2) is 4.98 Å². The van der Waals surface area contributed by atoms with E-state index in [1.807, 2.05) is 24.4 Å². The first-order chi connectivity index (χ1) is 11.5. The van der Waals surface area contributed by atoms with Gasteiger partial charge in [-0.3, -0.25) is 14.9 Å². The Morgan fingerprint density at radius 2 is 2.04 bits per heavy atom. The Morgan fingerprint density at radius 1 is 1.29 bits per heavy atom. The zero-order valence-electron chi connectivity index (χ0n) is 12.7. The van der Waals surface area contributed by atoms with Crippen LogP contribution in [0.25, 0.3) is 9.88 Å². The molecule has 24 heavy (non-hydrogen) atoms. The molecule has 6 nitrogen and oxygen atoms in total. The molecule has 1 amide bonds. The Morgan fingerprint density at radius 3 is 2.67 bits per heavy atom. The molecule has 0 saturated heterocycles. The molecule has 0 bridgehead atoms. The molecule has 0 aliphatic rings. The summed E-state index contributed by atoms with van der Waals surface area (Å²) >= 11 is 3.18. The molecule has 0 atom stereocenters. The number of hydrogen-bond acceptors (Lipinski definition) is 6. The van der Waals surface area contributed by atoms with Crippen LogP contribution < -0.4 is 5.32 Å². The van der Waals surface area contributed by atoms with Gasteiger partial charge in [-0.1, -0.05) is 6.07 Å². The quantitative estimate of drug-likeness (QED) is 0.551. The van der Waals surface area contributed by atoms with Crippen LogP contribution in [-0.2, 0) is 6.54 Å². The highest BCUT2D eigenvalue weighted by molar-refractivity contribution is 7.21. The predicted molar refractivity (Wildman–Crippen MR) is 94.4 cm³/mol. The number of aromatic nitrogens is 1. The largest absolute Gasteiger partial charge is 0.347 e. The minimum atomic E-state index is -0.492. The predicted octanol–water partition coefficient (Wildman–Crippen LogP) is 4.02. The van der Waals surface area contributed by atoms with Crippen molar-refractivity contribution < 1.29 is 9.72 Å². The number of aryl methyl sites for hydroxylation is 1. The van der Waals surface area contributed by atoms with Crippen LogP contribution in [0.5, 0.6) is 0 Å². The second-order valence-electron chi connectivity index (χ2n) is 4.99. The van der Waals surface area contributed by atoms with Gasteiger partial charge in [0, 0.05) is 22.6 Å². The van der Waals surface area contributed by atoms with E-state index in [0.717, 1.165) is 20.5 Å². The van der Waals surface area contributed by atoms with E-state index in [0.29, 0.717) is 12.1 Å². The van der Waals surface area contributed by atoms with Gasteiger partial charge in [0.2, 0.25) is 0 Å². The van der Waals surface area contributed by atoms with Crippen molar-refractivity contribution in [2.45, 2.75) is 13.5 Å². The summed E-state index contributed by atoms with van der Waals surface area (Å²) in [5, 5.41) is 16.4. The number of nitro benzene ring substituents is 1. The SMILES string of the molecule is Cc1nc(-c2cccs2)sc1CNC(=O)c1ccc([N+](=O)[O-])cc1. The molecule has 0 saturated carbocycles. The Hall–Kier alpha value is -2.58. The van der Waals surface area contributed by atoms with E-state index >= 15 is 0 Å². The monoisotopic (exact) mass is 359 g/mol. The van der Waals surface area contributed by atoms with E-state index in [2.05, 4.69) is 10.3 Å². The second kappa shape index (κ2) is 6.90. The summed E-state index contributed by atoms with van der Waals surface area (Å²) in [6, 6.07) is 9.53. The number of thiophene rings is 1. The molecular weight excluding hydrogens is 346 g/mol. The first-order valence-electron chi connectivity index (χ1n) is 7.07. The van der Waals surface area contributed by atoms with Crippen molar-refractivity contribution in [1.29, 1.82) is 0 Å². The lowest BCUT2D eigenvalue weighted by Crippen LogP contribution is -2.22. The summed E-state index contributed by atoms with van der Waals surface area (Å²) in [6.07, 6.45) is 0. The lowest BCUT2D eigenvalue weighted by atomic mass is 10.2. The number of benzene rings is 1. The molecule has 0 fully saturated rings. The summed E-state index contributed by atoms with van der Waals surface area (Å²) in [4.78, 5) is 28.9. The molecule has 3 rings (SSSR count). The fraction of sp³-hybridized carbons (Fsp3) is 0.125. The minimum absolute atomic E-state index is 0.0366. The van der Waals surface area contributed by atoms with Crippen molar-refractivity contribution >= 4 is 34.3 Å². The first-order valence-corrected chi connectivity index (χ1v) is 8.77. The molecule has 0 radical (unpaired) electrons. The van der Waals surface area contributed by atoms with Gasteiger partial charge >= 0.3 is 0 Å². The van der Waals surface area contributed by atoms with Gasteiger partial charge < -0.3 is 5.32 Å². The topological polar surface area (TPSA) is 85.1 Å². The molecule has 122 valence electrons. The van der Waals surface area contributed by atoms with Crippen LogP contribution in [0, 0.1) is 17.0 Å². The third-order valence-corrected chi connectivity index (χ3v) is 5.57. The molecule has 0 aliphatic carbocycles. The molecule has 2 aromatic heterocycles. The van der Waals surface area contributed by atoms with E-state index in [9.17, 15) is 14.9 Å². The Kier molecular flexibility index (Phi) is 4.68. The van der Waals surface area contributed by atoms with E-state index in [4.69, 9.17) is 0 Å². The van der Waals surface area contributed by atoms with Gasteiger partial charge in [0.25, 0.3) is 11.6 Å². The maximum Gasteiger partial charge on any atom is 0.269 e. The second-order valence-corrected chi connectivity index (χ2v) is 7.02. The number of nitro groups is 1. The summed E-state index contributed by atoms with van der Waals surface area (Å²) in [7, 11) is 0. The maximum absolute atomic E-state index is 12.2. The number of rotatable bonds is 5. The van der Waals surface area contributed by atoms with Crippen LogP contribution in [0.1, 0.15) is 20.9 Å². The summed E-state index contributed by atoms with van der Waals surface area (Å²) in [5.74, 6) is -0.268. The standard InChI is InChI=1S/C16H13N3O3S2/c1-10-14(24-16(18-10)13-3-2-8-23-13)9-17-15(20)11-4-6-12(7-5-11)19(21)22/h2-8H,9H2,1H3,(H,17,20).